The average molecular weight is 644 g/mol. The number of rotatable bonds is 10. The number of carbonyl (C=O) groups excluding carboxylic acids is 2. The number of aromatic nitrogens is 1. The number of aliphatic hydroxyl groups is 1. The first kappa shape index (κ1) is 32.7. The molecule has 3 aliphatic carbocycles. The van der Waals surface area contributed by atoms with Crippen molar-refractivity contribution in [2.75, 3.05) is 18.6 Å². The molecule has 1 aromatic heterocycles. The Labute approximate surface area is 277 Å². The summed E-state index contributed by atoms with van der Waals surface area (Å²) in [6, 6.07) is 15.1. The number of benzene rings is 2. The van der Waals surface area contributed by atoms with E-state index in [1.54, 1.807) is 18.4 Å². The van der Waals surface area contributed by atoms with Crippen LogP contribution in [-0.4, -0.2) is 47.2 Å². The first-order chi connectivity index (χ1) is 22.1. The maximum absolute atomic E-state index is 14.4. The number of aryl methyl sites for hydroxylation is 1. The Morgan fingerprint density at radius 3 is 2.35 bits per heavy atom. The second kappa shape index (κ2) is 13.9. The molecule has 6 rings (SSSR count). The summed E-state index contributed by atoms with van der Waals surface area (Å²) >= 11 is 1.78. The molecule has 0 unspecified atom stereocenters. The molecular formula is C38H49N3O4S. The quantitative estimate of drug-likeness (QED) is 0.236. The van der Waals surface area contributed by atoms with Crippen molar-refractivity contribution in [3.8, 4) is 16.2 Å². The summed E-state index contributed by atoms with van der Waals surface area (Å²) in [5, 5.41) is 14.3. The van der Waals surface area contributed by atoms with E-state index in [4.69, 9.17) is 9.72 Å². The van der Waals surface area contributed by atoms with Crippen LogP contribution in [0.15, 0.2) is 48.7 Å². The highest BCUT2D eigenvalue weighted by Gasteiger charge is 2.35. The standard InChI is InChI=1S/C38H49N3O4S/c1-24-20-29(16-19-33(24)45-4)26-10-8-25(9-11-26)23-41(36(42)28-14-17-31(18-15-28)40-37(43)38(2,3)44)32-7-5-6-30(21-32)34-22-39-35(46-34)27-12-13-27/h5-7,16,19-22,25-28,31,44H,8-15,17-18,23H2,1-4H3,(H,40,43)/t25-,26-,28-,31-. The zero-order valence-corrected chi connectivity index (χ0v) is 28.6. The van der Waals surface area contributed by atoms with Crippen LogP contribution in [0.25, 0.3) is 10.4 Å². The molecule has 0 atom stereocenters. The van der Waals surface area contributed by atoms with E-state index in [2.05, 4.69) is 59.6 Å². The van der Waals surface area contributed by atoms with Gasteiger partial charge in [0.05, 0.1) is 17.0 Å². The van der Waals surface area contributed by atoms with Crippen molar-refractivity contribution in [1.29, 1.82) is 0 Å². The number of anilines is 1. The molecule has 3 aromatic rings. The average Bonchev–Trinajstić information content (AvgIpc) is 3.79. The Morgan fingerprint density at radius 2 is 1.70 bits per heavy atom. The number of hydrogen-bond acceptors (Lipinski definition) is 6. The van der Waals surface area contributed by atoms with E-state index in [-0.39, 0.29) is 23.8 Å². The van der Waals surface area contributed by atoms with E-state index in [0.717, 1.165) is 79.8 Å². The Morgan fingerprint density at radius 1 is 0.978 bits per heavy atom. The molecule has 8 heteroatoms. The van der Waals surface area contributed by atoms with Gasteiger partial charge < -0.3 is 20.1 Å². The highest BCUT2D eigenvalue weighted by atomic mass is 32.1. The molecule has 0 bridgehead atoms. The lowest BCUT2D eigenvalue weighted by molar-refractivity contribution is -0.137. The second-order valence-corrected chi connectivity index (χ2v) is 15.4. The molecule has 246 valence electrons. The molecule has 0 aliphatic heterocycles. The molecule has 3 saturated carbocycles. The molecule has 0 saturated heterocycles. The van der Waals surface area contributed by atoms with E-state index in [1.807, 2.05) is 6.20 Å². The molecule has 1 heterocycles. The first-order valence-electron chi connectivity index (χ1n) is 17.1. The van der Waals surface area contributed by atoms with Crippen molar-refractivity contribution in [1.82, 2.24) is 10.3 Å². The SMILES string of the molecule is COc1ccc([C@H]2CC[C@H](CN(c3cccc(-c4cnc(C5CC5)s4)c3)C(=O)[C@H]3CC[C@H](NC(=O)C(C)(C)O)CC3)CC2)cc1C. The number of carbonyl (C=O) groups is 2. The van der Waals surface area contributed by atoms with Crippen molar-refractivity contribution in [3.05, 3.63) is 64.8 Å². The molecule has 3 aliphatic rings. The number of methoxy groups -OCH3 is 1. The molecule has 0 radical (unpaired) electrons. The van der Waals surface area contributed by atoms with Crippen LogP contribution in [-0.2, 0) is 9.59 Å². The lowest BCUT2D eigenvalue weighted by atomic mass is 9.78. The van der Waals surface area contributed by atoms with Gasteiger partial charge in [-0.3, -0.25) is 9.59 Å². The van der Waals surface area contributed by atoms with Crippen LogP contribution in [0.1, 0.15) is 106 Å². The third-order valence-corrected chi connectivity index (χ3v) is 11.5. The third kappa shape index (κ3) is 7.66. The normalized spacial score (nSPS) is 23.5. The smallest absolute Gasteiger partial charge is 0.251 e. The maximum atomic E-state index is 14.4. The van der Waals surface area contributed by atoms with Gasteiger partial charge in [-0.05, 0) is 132 Å². The summed E-state index contributed by atoms with van der Waals surface area (Å²) in [5.41, 5.74) is 3.25. The highest BCUT2D eigenvalue weighted by Crippen LogP contribution is 2.44. The summed E-state index contributed by atoms with van der Waals surface area (Å²) in [4.78, 5) is 34.7. The molecule has 3 fully saturated rings. The molecule has 46 heavy (non-hydrogen) atoms. The number of ether oxygens (including phenoxy) is 1. The number of amides is 2. The van der Waals surface area contributed by atoms with E-state index >= 15 is 0 Å². The highest BCUT2D eigenvalue weighted by molar-refractivity contribution is 7.15. The molecule has 2 N–H and O–H groups in total. The van der Waals surface area contributed by atoms with Gasteiger partial charge in [0.15, 0.2) is 0 Å². The van der Waals surface area contributed by atoms with Crippen molar-refractivity contribution in [3.63, 3.8) is 0 Å². The van der Waals surface area contributed by atoms with Crippen molar-refractivity contribution in [2.45, 2.75) is 108 Å². The molecule has 2 amide bonds. The van der Waals surface area contributed by atoms with E-state index < -0.39 is 5.60 Å². The maximum Gasteiger partial charge on any atom is 0.251 e. The fourth-order valence-electron chi connectivity index (χ4n) is 7.25. The Kier molecular flexibility index (Phi) is 9.85. The van der Waals surface area contributed by atoms with Gasteiger partial charge in [0.25, 0.3) is 5.91 Å². The zero-order chi connectivity index (χ0) is 32.4. The summed E-state index contributed by atoms with van der Waals surface area (Å²) in [6.45, 7) is 5.85. The summed E-state index contributed by atoms with van der Waals surface area (Å²) in [7, 11) is 1.72. The van der Waals surface area contributed by atoms with Gasteiger partial charge in [0.1, 0.15) is 11.4 Å². The first-order valence-corrected chi connectivity index (χ1v) is 18.0. The second-order valence-electron chi connectivity index (χ2n) is 14.4. The fourth-order valence-corrected chi connectivity index (χ4v) is 8.33. The minimum absolute atomic E-state index is 0.0105. The Balaban J connectivity index is 1.17. The summed E-state index contributed by atoms with van der Waals surface area (Å²) in [6.07, 6.45) is 11.8. The largest absolute Gasteiger partial charge is 0.496 e. The molecule has 7 nitrogen and oxygen atoms in total. The molecular weight excluding hydrogens is 595 g/mol. The lowest BCUT2D eigenvalue weighted by Crippen LogP contribution is -2.49. The number of nitrogens with zero attached hydrogens (tertiary/aromatic N) is 2. The molecule has 0 spiro atoms. The number of hydrogen-bond donors (Lipinski definition) is 2. The van der Waals surface area contributed by atoms with Gasteiger partial charge >= 0.3 is 0 Å². The Bertz CT molecular complexity index is 1520. The van der Waals surface area contributed by atoms with Crippen LogP contribution in [0.5, 0.6) is 5.75 Å². The topological polar surface area (TPSA) is 91.8 Å². The summed E-state index contributed by atoms with van der Waals surface area (Å²) in [5.74, 6) is 2.30. The predicted octanol–water partition coefficient (Wildman–Crippen LogP) is 7.76. The monoisotopic (exact) mass is 643 g/mol. The van der Waals surface area contributed by atoms with Crippen LogP contribution in [0.2, 0.25) is 0 Å². The molecule has 2 aromatic carbocycles. The fraction of sp³-hybridized carbons (Fsp3) is 0.553. The van der Waals surface area contributed by atoms with Gasteiger partial charge in [-0.1, -0.05) is 24.3 Å². The van der Waals surface area contributed by atoms with Gasteiger partial charge in [-0.25, -0.2) is 4.98 Å². The van der Waals surface area contributed by atoms with Gasteiger partial charge in [0, 0.05) is 36.3 Å². The van der Waals surface area contributed by atoms with Crippen molar-refractivity contribution in [2.24, 2.45) is 11.8 Å². The predicted molar refractivity (Wildman–Crippen MR) is 184 cm³/mol. The van der Waals surface area contributed by atoms with Crippen LogP contribution >= 0.6 is 11.3 Å². The lowest BCUT2D eigenvalue weighted by Gasteiger charge is -2.36. The van der Waals surface area contributed by atoms with Gasteiger partial charge in [-0.15, -0.1) is 11.3 Å². The number of thiazole rings is 1. The van der Waals surface area contributed by atoms with Crippen LogP contribution in [0.4, 0.5) is 5.69 Å². The van der Waals surface area contributed by atoms with Gasteiger partial charge in [-0.2, -0.15) is 0 Å². The summed E-state index contributed by atoms with van der Waals surface area (Å²) < 4.78 is 5.48. The number of nitrogens with one attached hydrogen (secondary N) is 1. The van der Waals surface area contributed by atoms with Crippen LogP contribution in [0.3, 0.4) is 0 Å². The van der Waals surface area contributed by atoms with Crippen molar-refractivity contribution < 1.29 is 19.4 Å². The van der Waals surface area contributed by atoms with E-state index in [0.29, 0.717) is 17.8 Å². The van der Waals surface area contributed by atoms with Crippen LogP contribution in [0, 0.1) is 18.8 Å². The van der Waals surface area contributed by atoms with E-state index in [1.165, 1.54) is 42.8 Å². The van der Waals surface area contributed by atoms with Crippen molar-refractivity contribution >= 4 is 28.8 Å². The zero-order valence-electron chi connectivity index (χ0n) is 27.8. The minimum atomic E-state index is -1.41. The third-order valence-electron chi connectivity index (χ3n) is 10.3. The van der Waals surface area contributed by atoms with E-state index in [9.17, 15) is 14.7 Å². The minimum Gasteiger partial charge on any atom is -0.496 e. The Hall–Kier alpha value is -3.23. The van der Waals surface area contributed by atoms with Crippen LogP contribution < -0.4 is 15.0 Å². The van der Waals surface area contributed by atoms with Gasteiger partial charge in [0.2, 0.25) is 5.91 Å².